The molecule has 0 aliphatic carbocycles. The molecule has 2 aromatic carbocycles. The first-order valence-corrected chi connectivity index (χ1v) is 10.7. The number of halogens is 1. The lowest BCUT2D eigenvalue weighted by molar-refractivity contribution is 0.102. The molecule has 0 atom stereocenters. The monoisotopic (exact) mass is 441 g/mol. The van der Waals surface area contributed by atoms with Crippen molar-refractivity contribution < 1.29 is 13.2 Å². The highest BCUT2D eigenvalue weighted by Crippen LogP contribution is 2.22. The van der Waals surface area contributed by atoms with Crippen LogP contribution < -0.4 is 10.0 Å². The second kappa shape index (κ2) is 7.86. The molecular formula is C20H16ClN5O3S. The number of anilines is 1. The van der Waals surface area contributed by atoms with Crippen molar-refractivity contribution in [1.29, 1.82) is 0 Å². The Kier molecular flexibility index (Phi) is 5.25. The predicted octanol–water partition coefficient (Wildman–Crippen LogP) is 3.23. The number of para-hydroxylation sites is 2. The second-order valence-corrected chi connectivity index (χ2v) is 8.61. The van der Waals surface area contributed by atoms with Crippen LogP contribution in [0.25, 0.3) is 16.9 Å². The molecule has 0 spiro atoms. The van der Waals surface area contributed by atoms with Crippen molar-refractivity contribution in [2.24, 2.45) is 0 Å². The third-order valence-corrected chi connectivity index (χ3v) is 6.21. The first-order chi connectivity index (χ1) is 14.4. The topological polar surface area (TPSA) is 106 Å². The van der Waals surface area contributed by atoms with Gasteiger partial charge in [-0.3, -0.25) is 9.36 Å². The van der Waals surface area contributed by atoms with Crippen molar-refractivity contribution in [2.45, 2.75) is 4.90 Å². The molecule has 8 nitrogen and oxygen atoms in total. The Hall–Kier alpha value is -3.27. The quantitative estimate of drug-likeness (QED) is 0.494. The Labute approximate surface area is 177 Å². The smallest absolute Gasteiger partial charge is 0.257 e. The Morgan fingerprint density at radius 1 is 1.07 bits per heavy atom. The SMILES string of the molecule is CNS(=O)(=O)c1ccc(Cl)c(C(=O)Nc2ccc(-n3cnc4ccccc43)nc2)c1. The van der Waals surface area contributed by atoms with E-state index in [0.29, 0.717) is 11.5 Å². The van der Waals surface area contributed by atoms with Gasteiger partial charge >= 0.3 is 0 Å². The normalized spacial score (nSPS) is 11.5. The highest BCUT2D eigenvalue weighted by molar-refractivity contribution is 7.89. The molecule has 4 rings (SSSR count). The average Bonchev–Trinajstić information content (AvgIpc) is 3.18. The van der Waals surface area contributed by atoms with Crippen LogP contribution in [-0.4, -0.2) is 35.9 Å². The third kappa shape index (κ3) is 3.78. The Morgan fingerprint density at radius 3 is 2.60 bits per heavy atom. The maximum Gasteiger partial charge on any atom is 0.257 e. The molecule has 4 aromatic rings. The van der Waals surface area contributed by atoms with E-state index < -0.39 is 15.9 Å². The molecule has 1 amide bonds. The van der Waals surface area contributed by atoms with Gasteiger partial charge in [0.25, 0.3) is 5.91 Å². The number of fused-ring (bicyclic) bond motifs is 1. The van der Waals surface area contributed by atoms with Crippen molar-refractivity contribution in [2.75, 3.05) is 12.4 Å². The maximum atomic E-state index is 12.6. The van der Waals surface area contributed by atoms with Gasteiger partial charge in [-0.25, -0.2) is 23.1 Å². The van der Waals surface area contributed by atoms with E-state index in [1.807, 2.05) is 28.8 Å². The number of imidazole rings is 1. The fourth-order valence-electron chi connectivity index (χ4n) is 2.91. The van der Waals surface area contributed by atoms with Crippen molar-refractivity contribution in [3.05, 3.63) is 77.7 Å². The molecule has 10 heteroatoms. The fraction of sp³-hybridized carbons (Fsp3) is 0.0500. The van der Waals surface area contributed by atoms with Crippen LogP contribution in [0.4, 0.5) is 5.69 Å². The zero-order valence-electron chi connectivity index (χ0n) is 15.7. The molecule has 0 aliphatic rings. The Balaban J connectivity index is 1.58. The van der Waals surface area contributed by atoms with Gasteiger partial charge in [-0.1, -0.05) is 23.7 Å². The van der Waals surface area contributed by atoms with Crippen molar-refractivity contribution in [3.63, 3.8) is 0 Å². The van der Waals surface area contributed by atoms with Crippen LogP contribution in [0.3, 0.4) is 0 Å². The van der Waals surface area contributed by atoms with Crippen LogP contribution in [0, 0.1) is 0 Å². The molecule has 0 unspecified atom stereocenters. The lowest BCUT2D eigenvalue weighted by Gasteiger charge is -2.10. The molecule has 2 N–H and O–H groups in total. The highest BCUT2D eigenvalue weighted by Gasteiger charge is 2.18. The molecule has 0 fully saturated rings. The zero-order valence-corrected chi connectivity index (χ0v) is 17.3. The van der Waals surface area contributed by atoms with Gasteiger partial charge in [0, 0.05) is 0 Å². The number of hydrogen-bond donors (Lipinski definition) is 2. The van der Waals surface area contributed by atoms with Crippen molar-refractivity contribution in [1.82, 2.24) is 19.3 Å². The van der Waals surface area contributed by atoms with Crippen LogP contribution in [-0.2, 0) is 10.0 Å². The average molecular weight is 442 g/mol. The van der Waals surface area contributed by atoms with Gasteiger partial charge in [-0.05, 0) is 49.5 Å². The van der Waals surface area contributed by atoms with Gasteiger partial charge in [0.2, 0.25) is 10.0 Å². The summed E-state index contributed by atoms with van der Waals surface area (Å²) < 4.78 is 28.0. The van der Waals surface area contributed by atoms with Crippen LogP contribution >= 0.6 is 11.6 Å². The number of nitrogens with one attached hydrogen (secondary N) is 2. The third-order valence-electron chi connectivity index (χ3n) is 4.47. The minimum Gasteiger partial charge on any atom is -0.321 e. The minimum atomic E-state index is -3.70. The number of carbonyl (C=O) groups excluding carboxylic acids is 1. The molecule has 0 radical (unpaired) electrons. The van der Waals surface area contributed by atoms with Crippen LogP contribution in [0.2, 0.25) is 5.02 Å². The molecule has 2 heterocycles. The zero-order chi connectivity index (χ0) is 21.3. The number of hydrogen-bond acceptors (Lipinski definition) is 5. The second-order valence-electron chi connectivity index (χ2n) is 6.31. The number of aromatic nitrogens is 3. The summed E-state index contributed by atoms with van der Waals surface area (Å²) in [5, 5.41) is 2.82. The molecule has 0 bridgehead atoms. The van der Waals surface area contributed by atoms with E-state index in [1.54, 1.807) is 18.5 Å². The summed E-state index contributed by atoms with van der Waals surface area (Å²) in [7, 11) is -2.41. The van der Waals surface area contributed by atoms with Gasteiger partial charge in [0.1, 0.15) is 12.1 Å². The number of rotatable bonds is 5. The van der Waals surface area contributed by atoms with Gasteiger partial charge in [-0.2, -0.15) is 0 Å². The summed E-state index contributed by atoms with van der Waals surface area (Å²) in [4.78, 5) is 21.3. The molecular weight excluding hydrogens is 426 g/mol. The summed E-state index contributed by atoms with van der Waals surface area (Å²) in [6.45, 7) is 0. The number of carbonyl (C=O) groups is 1. The van der Waals surface area contributed by atoms with Crippen molar-refractivity contribution >= 4 is 44.3 Å². The van der Waals surface area contributed by atoms with E-state index >= 15 is 0 Å². The number of sulfonamides is 1. The van der Waals surface area contributed by atoms with E-state index in [9.17, 15) is 13.2 Å². The van der Waals surface area contributed by atoms with E-state index in [-0.39, 0.29) is 15.5 Å². The van der Waals surface area contributed by atoms with Gasteiger partial charge < -0.3 is 5.32 Å². The molecule has 0 saturated carbocycles. The summed E-state index contributed by atoms with van der Waals surface area (Å²) in [5.41, 5.74) is 2.24. The van der Waals surface area contributed by atoms with Gasteiger partial charge in [0.05, 0.1) is 38.4 Å². The van der Waals surface area contributed by atoms with E-state index in [0.717, 1.165) is 11.0 Å². The van der Waals surface area contributed by atoms with Crippen LogP contribution in [0.15, 0.2) is 72.0 Å². The summed E-state index contributed by atoms with van der Waals surface area (Å²) in [5.74, 6) is 0.0950. The van der Waals surface area contributed by atoms with E-state index in [4.69, 9.17) is 11.6 Å². The number of pyridine rings is 1. The standard InChI is InChI=1S/C20H16ClN5O3S/c1-22-30(28,29)14-7-8-16(21)15(10-14)20(27)25-13-6-9-19(23-11-13)26-12-24-17-4-2-3-5-18(17)26/h2-12,22H,1H3,(H,25,27). The summed E-state index contributed by atoms with van der Waals surface area (Å²) >= 11 is 6.10. The van der Waals surface area contributed by atoms with Crippen LogP contribution in [0.5, 0.6) is 0 Å². The fourth-order valence-corrected chi connectivity index (χ4v) is 3.87. The predicted molar refractivity (Wildman–Crippen MR) is 115 cm³/mol. The van der Waals surface area contributed by atoms with E-state index in [1.165, 1.54) is 31.4 Å². The number of amides is 1. The molecule has 2 aromatic heterocycles. The van der Waals surface area contributed by atoms with Crippen molar-refractivity contribution in [3.8, 4) is 5.82 Å². The molecule has 0 aliphatic heterocycles. The summed E-state index contributed by atoms with van der Waals surface area (Å²) in [6, 6.07) is 15.0. The molecule has 30 heavy (non-hydrogen) atoms. The Morgan fingerprint density at radius 2 is 1.87 bits per heavy atom. The lowest BCUT2D eigenvalue weighted by Crippen LogP contribution is -2.20. The number of nitrogens with zero attached hydrogens (tertiary/aromatic N) is 3. The molecule has 152 valence electrons. The lowest BCUT2D eigenvalue weighted by atomic mass is 10.2. The first kappa shape index (κ1) is 20.0. The first-order valence-electron chi connectivity index (χ1n) is 8.82. The van der Waals surface area contributed by atoms with Gasteiger partial charge in [-0.15, -0.1) is 0 Å². The largest absolute Gasteiger partial charge is 0.321 e. The number of benzene rings is 2. The summed E-state index contributed by atoms with van der Waals surface area (Å²) in [6.07, 6.45) is 3.18. The van der Waals surface area contributed by atoms with E-state index in [2.05, 4.69) is 20.0 Å². The minimum absolute atomic E-state index is 0.0395. The molecule has 0 saturated heterocycles. The highest BCUT2D eigenvalue weighted by atomic mass is 35.5. The maximum absolute atomic E-state index is 12.6. The van der Waals surface area contributed by atoms with Crippen LogP contribution in [0.1, 0.15) is 10.4 Å². The Bertz CT molecular complexity index is 1350. The van der Waals surface area contributed by atoms with Gasteiger partial charge in [0.15, 0.2) is 0 Å².